The van der Waals surface area contributed by atoms with Crippen molar-refractivity contribution in [2.45, 2.75) is 26.2 Å². The van der Waals surface area contributed by atoms with E-state index in [1.54, 1.807) is 11.3 Å². The summed E-state index contributed by atoms with van der Waals surface area (Å²) in [4.78, 5) is 1.36. The van der Waals surface area contributed by atoms with E-state index in [0.717, 1.165) is 19.3 Å². The molecular weight excluding hydrogens is 315 g/mol. The molecule has 0 aliphatic heterocycles. The van der Waals surface area contributed by atoms with Crippen molar-refractivity contribution >= 4 is 50.5 Å². The maximum Gasteiger partial charge on any atom is 0.0701 e. The van der Waals surface area contributed by atoms with Crippen LogP contribution in [0.5, 0.6) is 0 Å². The predicted octanol–water partition coefficient (Wildman–Crippen LogP) is 5.32. The molecule has 86 valence electrons. The molecule has 0 fully saturated rings. The Morgan fingerprint density at radius 3 is 2.40 bits per heavy atom. The molecule has 0 nitrogen and oxygen atoms in total. The van der Waals surface area contributed by atoms with Gasteiger partial charge in [0.15, 0.2) is 0 Å². The molecule has 0 bridgehead atoms. The van der Waals surface area contributed by atoms with Crippen LogP contribution in [0.25, 0.3) is 0 Å². The van der Waals surface area contributed by atoms with E-state index in [4.69, 9.17) is 23.2 Å². The molecule has 1 rings (SSSR count). The Balaban J connectivity index is 2.73. The predicted molar refractivity (Wildman–Crippen MR) is 74.5 cm³/mol. The van der Waals surface area contributed by atoms with E-state index in [-0.39, 0.29) is 5.41 Å². The topological polar surface area (TPSA) is 0 Å². The van der Waals surface area contributed by atoms with Crippen LogP contribution in [-0.4, -0.2) is 11.8 Å². The Hall–Kier alpha value is 0.760. The SMILES string of the molecule is CCCC(CCl)(CCl)Cc1ccc(Br)s1. The molecule has 0 saturated carbocycles. The number of hydrogen-bond donors (Lipinski definition) is 0. The molecule has 0 atom stereocenters. The van der Waals surface area contributed by atoms with Crippen LogP contribution in [0, 0.1) is 5.41 Å². The van der Waals surface area contributed by atoms with Gasteiger partial charge in [0, 0.05) is 22.1 Å². The first-order chi connectivity index (χ1) is 7.15. The van der Waals surface area contributed by atoms with Crippen LogP contribution in [0.1, 0.15) is 24.6 Å². The number of rotatable bonds is 6. The molecule has 0 aliphatic carbocycles. The fourth-order valence-corrected chi connectivity index (χ4v) is 4.10. The Kier molecular flexibility index (Phi) is 5.98. The summed E-state index contributed by atoms with van der Waals surface area (Å²) in [7, 11) is 0. The summed E-state index contributed by atoms with van der Waals surface area (Å²) in [6.45, 7) is 2.18. The minimum absolute atomic E-state index is 0.0716. The Morgan fingerprint density at radius 1 is 1.33 bits per heavy atom. The van der Waals surface area contributed by atoms with Crippen molar-refractivity contribution < 1.29 is 0 Å². The van der Waals surface area contributed by atoms with E-state index in [1.165, 1.54) is 8.66 Å². The summed E-state index contributed by atoms with van der Waals surface area (Å²) in [5.74, 6) is 1.28. The van der Waals surface area contributed by atoms with Gasteiger partial charge in [0.2, 0.25) is 0 Å². The van der Waals surface area contributed by atoms with E-state index in [0.29, 0.717) is 11.8 Å². The number of alkyl halides is 2. The van der Waals surface area contributed by atoms with Gasteiger partial charge in [-0.3, -0.25) is 0 Å². The van der Waals surface area contributed by atoms with Crippen molar-refractivity contribution in [2.75, 3.05) is 11.8 Å². The molecule has 0 unspecified atom stereocenters. The molecule has 0 amide bonds. The van der Waals surface area contributed by atoms with Crippen LogP contribution < -0.4 is 0 Å². The van der Waals surface area contributed by atoms with Crippen molar-refractivity contribution in [2.24, 2.45) is 5.41 Å². The van der Waals surface area contributed by atoms with E-state index >= 15 is 0 Å². The highest BCUT2D eigenvalue weighted by Crippen LogP contribution is 2.35. The molecule has 0 radical (unpaired) electrons. The summed E-state index contributed by atoms with van der Waals surface area (Å²) >= 11 is 17.4. The van der Waals surface area contributed by atoms with Gasteiger partial charge in [-0.1, -0.05) is 13.3 Å². The van der Waals surface area contributed by atoms with Crippen molar-refractivity contribution in [1.29, 1.82) is 0 Å². The summed E-state index contributed by atoms with van der Waals surface area (Å²) in [5.41, 5.74) is 0.0716. The van der Waals surface area contributed by atoms with Crippen molar-refractivity contribution in [3.63, 3.8) is 0 Å². The molecule has 0 N–H and O–H groups in total. The van der Waals surface area contributed by atoms with Gasteiger partial charge in [-0.05, 0) is 40.9 Å². The van der Waals surface area contributed by atoms with Crippen LogP contribution >= 0.6 is 50.5 Å². The molecule has 0 saturated heterocycles. The van der Waals surface area contributed by atoms with Gasteiger partial charge < -0.3 is 0 Å². The van der Waals surface area contributed by atoms with E-state index in [1.807, 2.05) is 0 Å². The second kappa shape index (κ2) is 6.48. The molecule has 15 heavy (non-hydrogen) atoms. The van der Waals surface area contributed by atoms with E-state index in [9.17, 15) is 0 Å². The Labute approximate surface area is 114 Å². The smallest absolute Gasteiger partial charge is 0.0701 e. The summed E-state index contributed by atoms with van der Waals surface area (Å²) < 4.78 is 1.17. The third kappa shape index (κ3) is 3.92. The molecule has 0 aromatic carbocycles. The summed E-state index contributed by atoms with van der Waals surface area (Å²) in [6.07, 6.45) is 3.21. The number of halogens is 3. The molecule has 1 aromatic heterocycles. The van der Waals surface area contributed by atoms with E-state index in [2.05, 4.69) is 35.0 Å². The lowest BCUT2D eigenvalue weighted by molar-refractivity contribution is 0.343. The monoisotopic (exact) mass is 328 g/mol. The fraction of sp³-hybridized carbons (Fsp3) is 0.636. The summed E-state index contributed by atoms with van der Waals surface area (Å²) in [6, 6.07) is 4.23. The van der Waals surface area contributed by atoms with Gasteiger partial charge in [0.05, 0.1) is 3.79 Å². The van der Waals surface area contributed by atoms with Gasteiger partial charge in [-0.15, -0.1) is 34.5 Å². The lowest BCUT2D eigenvalue weighted by Gasteiger charge is -2.28. The normalized spacial score (nSPS) is 12.0. The molecular formula is C11H15BrCl2S. The highest BCUT2D eigenvalue weighted by Gasteiger charge is 2.28. The zero-order valence-electron chi connectivity index (χ0n) is 8.73. The average Bonchev–Trinajstić information content (AvgIpc) is 2.63. The minimum atomic E-state index is 0.0716. The van der Waals surface area contributed by atoms with Gasteiger partial charge in [0.1, 0.15) is 0 Å². The van der Waals surface area contributed by atoms with E-state index < -0.39 is 0 Å². The highest BCUT2D eigenvalue weighted by molar-refractivity contribution is 9.11. The van der Waals surface area contributed by atoms with Gasteiger partial charge in [-0.2, -0.15) is 0 Å². The summed E-state index contributed by atoms with van der Waals surface area (Å²) in [5, 5.41) is 0. The first-order valence-corrected chi connectivity index (χ1v) is 7.70. The molecule has 1 aromatic rings. The zero-order chi connectivity index (χ0) is 11.3. The van der Waals surface area contributed by atoms with Crippen LogP contribution in [0.3, 0.4) is 0 Å². The van der Waals surface area contributed by atoms with Crippen LogP contribution in [0.4, 0.5) is 0 Å². The zero-order valence-corrected chi connectivity index (χ0v) is 12.6. The molecule has 0 spiro atoms. The van der Waals surface area contributed by atoms with Crippen molar-refractivity contribution in [3.05, 3.63) is 20.8 Å². The molecule has 4 heteroatoms. The van der Waals surface area contributed by atoms with Crippen molar-refractivity contribution in [1.82, 2.24) is 0 Å². The quantitative estimate of drug-likeness (QED) is 0.620. The minimum Gasteiger partial charge on any atom is -0.133 e. The van der Waals surface area contributed by atoms with Gasteiger partial charge in [0.25, 0.3) is 0 Å². The average molecular weight is 330 g/mol. The Morgan fingerprint density at radius 2 is 2.00 bits per heavy atom. The third-order valence-electron chi connectivity index (χ3n) is 2.53. The lowest BCUT2D eigenvalue weighted by Crippen LogP contribution is -2.27. The largest absolute Gasteiger partial charge is 0.133 e. The standard InChI is InChI=1S/C11H15BrCl2S/c1-2-5-11(7-13,8-14)6-9-3-4-10(12)15-9/h3-4H,2,5-8H2,1H3. The number of thiophene rings is 1. The van der Waals surface area contributed by atoms with Crippen LogP contribution in [0.2, 0.25) is 0 Å². The maximum atomic E-state index is 6.07. The highest BCUT2D eigenvalue weighted by atomic mass is 79.9. The first-order valence-electron chi connectivity index (χ1n) is 5.02. The molecule has 0 aliphatic rings. The van der Waals surface area contributed by atoms with Crippen LogP contribution in [0.15, 0.2) is 15.9 Å². The van der Waals surface area contributed by atoms with Crippen molar-refractivity contribution in [3.8, 4) is 0 Å². The Bertz CT molecular complexity index is 295. The lowest BCUT2D eigenvalue weighted by atomic mass is 9.83. The van der Waals surface area contributed by atoms with Crippen LogP contribution in [-0.2, 0) is 6.42 Å². The molecule has 1 heterocycles. The second-order valence-corrected chi connectivity index (χ2v) is 6.98. The van der Waals surface area contributed by atoms with Gasteiger partial charge in [-0.25, -0.2) is 0 Å². The fourth-order valence-electron chi connectivity index (χ4n) is 1.70. The third-order valence-corrected chi connectivity index (χ3v) is 5.28. The first kappa shape index (κ1) is 13.8. The second-order valence-electron chi connectivity index (χ2n) is 3.90. The number of hydrogen-bond acceptors (Lipinski definition) is 1. The maximum absolute atomic E-state index is 6.07. The van der Waals surface area contributed by atoms with Gasteiger partial charge >= 0.3 is 0 Å².